The van der Waals surface area contributed by atoms with Crippen LogP contribution >= 0.6 is 0 Å². The molecule has 0 unspecified atom stereocenters. The first-order valence-electron chi connectivity index (χ1n) is 4.35. The molecule has 5 N–H and O–H groups in total. The molecule has 0 saturated heterocycles. The Balaban J connectivity index is 0.00000112. The minimum Gasteiger partial charge on any atom is -0.504 e. The third kappa shape index (κ3) is 2.11. The summed E-state index contributed by atoms with van der Waals surface area (Å²) in [5, 5.41) is 18.4. The fourth-order valence-corrected chi connectivity index (χ4v) is 1.36. The Morgan fingerprint density at radius 1 is 1.00 bits per heavy atom. The molecule has 2 aromatic rings. The fourth-order valence-electron chi connectivity index (χ4n) is 1.36. The molecule has 0 bridgehead atoms. The van der Waals surface area contributed by atoms with E-state index in [0.717, 1.165) is 17.0 Å². The second-order valence-corrected chi connectivity index (χ2v) is 3.26. The van der Waals surface area contributed by atoms with Crippen molar-refractivity contribution in [3.63, 3.8) is 0 Å². The van der Waals surface area contributed by atoms with Gasteiger partial charge >= 0.3 is 0 Å². The fraction of sp³-hybridized carbons (Fsp3) is 0.0909. The van der Waals surface area contributed by atoms with Gasteiger partial charge in [0.15, 0.2) is 11.5 Å². The second kappa shape index (κ2) is 4.06. The maximum atomic E-state index is 9.30. The van der Waals surface area contributed by atoms with Gasteiger partial charge in [0.2, 0.25) is 0 Å². The zero-order chi connectivity index (χ0) is 10.1. The van der Waals surface area contributed by atoms with E-state index >= 15 is 0 Å². The molecular formula is C11H13NO3. The summed E-state index contributed by atoms with van der Waals surface area (Å²) >= 11 is 0. The highest BCUT2D eigenvalue weighted by atomic mass is 16.3. The molecule has 0 aliphatic rings. The molecule has 1 aromatic heterocycles. The van der Waals surface area contributed by atoms with Crippen LogP contribution in [0.3, 0.4) is 0 Å². The number of hydrogen-bond donors (Lipinski definition) is 3. The second-order valence-electron chi connectivity index (χ2n) is 3.26. The zero-order valence-electron chi connectivity index (χ0n) is 8.28. The molecule has 4 heteroatoms. The van der Waals surface area contributed by atoms with Gasteiger partial charge in [0, 0.05) is 17.0 Å². The summed E-state index contributed by atoms with van der Waals surface area (Å²) in [7, 11) is 0. The Labute approximate surface area is 87.1 Å². The molecule has 2 rings (SSSR count). The van der Waals surface area contributed by atoms with Crippen molar-refractivity contribution in [1.82, 2.24) is 4.98 Å². The number of hydrogen-bond acceptors (Lipinski definition) is 2. The van der Waals surface area contributed by atoms with Gasteiger partial charge in [0.05, 0.1) is 0 Å². The summed E-state index contributed by atoms with van der Waals surface area (Å²) in [5.41, 5.74) is 2.85. The highest BCUT2D eigenvalue weighted by Crippen LogP contribution is 2.29. The van der Waals surface area contributed by atoms with E-state index in [9.17, 15) is 5.11 Å². The zero-order valence-corrected chi connectivity index (χ0v) is 8.28. The topological polar surface area (TPSA) is 87.8 Å². The minimum atomic E-state index is -0.102. The van der Waals surface area contributed by atoms with Crippen LogP contribution in [0.2, 0.25) is 0 Å². The van der Waals surface area contributed by atoms with E-state index in [-0.39, 0.29) is 17.0 Å². The van der Waals surface area contributed by atoms with Crippen molar-refractivity contribution in [2.45, 2.75) is 6.92 Å². The maximum Gasteiger partial charge on any atom is 0.158 e. The van der Waals surface area contributed by atoms with Gasteiger partial charge in [-0.3, -0.25) is 0 Å². The number of aromatic amines is 1. The molecule has 15 heavy (non-hydrogen) atoms. The van der Waals surface area contributed by atoms with Gasteiger partial charge in [0.25, 0.3) is 0 Å². The van der Waals surface area contributed by atoms with Crippen molar-refractivity contribution in [2.24, 2.45) is 0 Å². The Hall–Kier alpha value is -1.94. The van der Waals surface area contributed by atoms with Crippen molar-refractivity contribution < 1.29 is 15.7 Å². The monoisotopic (exact) mass is 207 g/mol. The molecule has 0 fully saturated rings. The van der Waals surface area contributed by atoms with Gasteiger partial charge in [-0.05, 0) is 37.3 Å². The predicted molar refractivity (Wildman–Crippen MR) is 57.9 cm³/mol. The number of nitrogens with one attached hydrogen (secondary N) is 1. The van der Waals surface area contributed by atoms with E-state index in [0.29, 0.717) is 0 Å². The van der Waals surface area contributed by atoms with Crippen LogP contribution in [0.15, 0.2) is 30.3 Å². The van der Waals surface area contributed by atoms with Crippen LogP contribution in [-0.2, 0) is 0 Å². The van der Waals surface area contributed by atoms with Gasteiger partial charge in [0.1, 0.15) is 0 Å². The summed E-state index contributed by atoms with van der Waals surface area (Å²) in [6.07, 6.45) is 0. The molecule has 0 aliphatic carbocycles. The number of aromatic hydroxyl groups is 2. The molecule has 1 heterocycles. The van der Waals surface area contributed by atoms with Crippen molar-refractivity contribution >= 4 is 0 Å². The van der Waals surface area contributed by atoms with Crippen LogP contribution in [0, 0.1) is 6.92 Å². The lowest BCUT2D eigenvalue weighted by atomic mass is 10.1. The molecular weight excluding hydrogens is 194 g/mol. The van der Waals surface area contributed by atoms with E-state index in [1.54, 1.807) is 6.07 Å². The van der Waals surface area contributed by atoms with E-state index in [1.807, 2.05) is 19.1 Å². The smallest absolute Gasteiger partial charge is 0.158 e. The van der Waals surface area contributed by atoms with E-state index in [2.05, 4.69) is 4.98 Å². The van der Waals surface area contributed by atoms with Crippen LogP contribution in [-0.4, -0.2) is 20.7 Å². The summed E-state index contributed by atoms with van der Waals surface area (Å²) in [6.45, 7) is 1.96. The quantitative estimate of drug-likeness (QED) is 0.620. The Kier molecular flexibility index (Phi) is 3.01. The largest absolute Gasteiger partial charge is 0.504 e. The van der Waals surface area contributed by atoms with Gasteiger partial charge < -0.3 is 20.7 Å². The first kappa shape index (κ1) is 11.1. The molecule has 0 radical (unpaired) electrons. The summed E-state index contributed by atoms with van der Waals surface area (Å²) in [4.78, 5) is 3.15. The third-order valence-electron chi connectivity index (χ3n) is 2.12. The van der Waals surface area contributed by atoms with Gasteiger partial charge in [-0.1, -0.05) is 0 Å². The van der Waals surface area contributed by atoms with Crippen LogP contribution in [0.1, 0.15) is 5.69 Å². The van der Waals surface area contributed by atoms with Crippen LogP contribution < -0.4 is 0 Å². The third-order valence-corrected chi connectivity index (χ3v) is 2.12. The SMILES string of the molecule is Cc1ccc(-c2ccc(O)c(O)c2)[nH]1.O. The molecule has 0 spiro atoms. The van der Waals surface area contributed by atoms with Crippen molar-refractivity contribution in [1.29, 1.82) is 0 Å². The normalized spacial score (nSPS) is 9.67. The molecule has 0 aliphatic heterocycles. The average molecular weight is 207 g/mol. The predicted octanol–water partition coefficient (Wildman–Crippen LogP) is 1.58. The number of benzene rings is 1. The van der Waals surface area contributed by atoms with E-state index in [4.69, 9.17) is 5.11 Å². The Morgan fingerprint density at radius 2 is 1.73 bits per heavy atom. The molecule has 4 nitrogen and oxygen atoms in total. The Morgan fingerprint density at radius 3 is 2.27 bits per heavy atom. The lowest BCUT2D eigenvalue weighted by Gasteiger charge is -2.01. The van der Waals surface area contributed by atoms with Crippen LogP contribution in [0.4, 0.5) is 0 Å². The van der Waals surface area contributed by atoms with Crippen molar-refractivity contribution in [3.8, 4) is 22.8 Å². The number of aromatic nitrogens is 1. The number of rotatable bonds is 1. The molecule has 1 aromatic carbocycles. The number of aryl methyl sites for hydroxylation is 1. The minimum absolute atomic E-state index is 0. The van der Waals surface area contributed by atoms with Crippen LogP contribution in [0.5, 0.6) is 11.5 Å². The molecule has 0 saturated carbocycles. The first-order chi connectivity index (χ1) is 6.66. The standard InChI is InChI=1S/C11H11NO2.H2O/c1-7-2-4-9(12-7)8-3-5-10(13)11(14)6-8;/h2-6,12-14H,1H3;1H2. The van der Waals surface area contributed by atoms with Crippen molar-refractivity contribution in [3.05, 3.63) is 36.0 Å². The van der Waals surface area contributed by atoms with Gasteiger partial charge in [-0.15, -0.1) is 0 Å². The summed E-state index contributed by atoms with van der Waals surface area (Å²) < 4.78 is 0. The summed E-state index contributed by atoms with van der Waals surface area (Å²) in [5.74, 6) is -0.202. The van der Waals surface area contributed by atoms with Gasteiger partial charge in [-0.25, -0.2) is 0 Å². The van der Waals surface area contributed by atoms with Gasteiger partial charge in [-0.2, -0.15) is 0 Å². The highest BCUT2D eigenvalue weighted by Gasteiger charge is 2.03. The maximum absolute atomic E-state index is 9.30. The number of phenolic OH excluding ortho intramolecular Hbond substituents is 2. The molecule has 0 atom stereocenters. The number of H-pyrrole nitrogens is 1. The number of phenols is 2. The first-order valence-corrected chi connectivity index (χ1v) is 4.35. The lowest BCUT2D eigenvalue weighted by molar-refractivity contribution is 0.404. The molecule has 0 amide bonds. The average Bonchev–Trinajstić information content (AvgIpc) is 2.57. The van der Waals surface area contributed by atoms with E-state index in [1.165, 1.54) is 12.1 Å². The van der Waals surface area contributed by atoms with E-state index < -0.39 is 0 Å². The Bertz CT molecular complexity index is 463. The summed E-state index contributed by atoms with van der Waals surface area (Å²) in [6, 6.07) is 8.64. The van der Waals surface area contributed by atoms with Crippen molar-refractivity contribution in [2.75, 3.05) is 0 Å². The van der Waals surface area contributed by atoms with Crippen LogP contribution in [0.25, 0.3) is 11.3 Å². The molecule has 80 valence electrons. The lowest BCUT2D eigenvalue weighted by Crippen LogP contribution is -1.78. The highest BCUT2D eigenvalue weighted by molar-refractivity contribution is 5.63.